The summed E-state index contributed by atoms with van der Waals surface area (Å²) in [5.74, 6) is -0.818. The number of benzene rings is 1. The largest absolute Gasteiger partial charge is 0.495 e. The topological polar surface area (TPSA) is 57.5 Å². The molecule has 0 N–H and O–H groups in total. The molecule has 5 nitrogen and oxygen atoms in total. The second-order valence-corrected chi connectivity index (χ2v) is 4.05. The molecule has 0 aliphatic carbocycles. The molecular formula is C14H15NO4. The van der Waals surface area contributed by atoms with Gasteiger partial charge in [0.25, 0.3) is 5.78 Å². The normalized spacial score (nSPS) is 10.5. The van der Waals surface area contributed by atoms with E-state index in [1.54, 1.807) is 32.2 Å². The zero-order chi connectivity index (χ0) is 14.0. The number of aryl methyl sites for hydroxylation is 1. The SMILES string of the molecule is CCOC(=O)C(=O)c1ccc(OC)c2c1ccn2C. The molecule has 0 unspecified atom stereocenters. The Balaban J connectivity index is 2.57. The van der Waals surface area contributed by atoms with Gasteiger partial charge in [-0.05, 0) is 25.1 Å². The van der Waals surface area contributed by atoms with Crippen molar-refractivity contribution in [2.24, 2.45) is 7.05 Å². The third-order valence-corrected chi connectivity index (χ3v) is 2.92. The van der Waals surface area contributed by atoms with Gasteiger partial charge in [-0.15, -0.1) is 0 Å². The number of carbonyl (C=O) groups is 2. The van der Waals surface area contributed by atoms with Gasteiger partial charge in [0.15, 0.2) is 0 Å². The zero-order valence-corrected chi connectivity index (χ0v) is 11.1. The Kier molecular flexibility index (Phi) is 3.55. The molecule has 0 saturated carbocycles. The predicted octanol–water partition coefficient (Wildman–Crippen LogP) is 1.93. The third kappa shape index (κ3) is 2.19. The van der Waals surface area contributed by atoms with E-state index in [0.29, 0.717) is 16.7 Å². The minimum absolute atomic E-state index is 0.179. The summed E-state index contributed by atoms with van der Waals surface area (Å²) in [6, 6.07) is 5.04. The van der Waals surface area contributed by atoms with Crippen molar-refractivity contribution in [1.29, 1.82) is 0 Å². The lowest BCUT2D eigenvalue weighted by atomic mass is 10.1. The predicted molar refractivity (Wildman–Crippen MR) is 70.4 cm³/mol. The van der Waals surface area contributed by atoms with Crippen LogP contribution in [0.2, 0.25) is 0 Å². The van der Waals surface area contributed by atoms with Crippen LogP contribution in [0.25, 0.3) is 10.9 Å². The Morgan fingerprint density at radius 1 is 1.26 bits per heavy atom. The molecule has 19 heavy (non-hydrogen) atoms. The maximum Gasteiger partial charge on any atom is 0.379 e. The fourth-order valence-electron chi connectivity index (χ4n) is 2.05. The Hall–Kier alpha value is -2.30. The molecule has 5 heteroatoms. The van der Waals surface area contributed by atoms with Crippen LogP contribution in [0.3, 0.4) is 0 Å². The van der Waals surface area contributed by atoms with Crippen LogP contribution in [-0.4, -0.2) is 30.0 Å². The van der Waals surface area contributed by atoms with E-state index in [9.17, 15) is 9.59 Å². The number of fused-ring (bicyclic) bond motifs is 1. The summed E-state index contributed by atoms with van der Waals surface area (Å²) in [5, 5.41) is 0.680. The molecule has 0 aliphatic rings. The lowest BCUT2D eigenvalue weighted by Crippen LogP contribution is -2.17. The van der Waals surface area contributed by atoms with Gasteiger partial charge in [0.2, 0.25) is 0 Å². The van der Waals surface area contributed by atoms with Gasteiger partial charge in [0.1, 0.15) is 5.75 Å². The van der Waals surface area contributed by atoms with Gasteiger partial charge in [0, 0.05) is 24.2 Å². The molecule has 1 aromatic carbocycles. The molecule has 0 radical (unpaired) electrons. The molecule has 0 bridgehead atoms. The highest BCUT2D eigenvalue weighted by Crippen LogP contribution is 2.29. The molecule has 1 heterocycles. The lowest BCUT2D eigenvalue weighted by Gasteiger charge is -2.08. The summed E-state index contributed by atoms with van der Waals surface area (Å²) in [4.78, 5) is 23.6. The molecule has 0 atom stereocenters. The van der Waals surface area contributed by atoms with Crippen molar-refractivity contribution in [2.45, 2.75) is 6.92 Å². The monoisotopic (exact) mass is 261 g/mol. The van der Waals surface area contributed by atoms with E-state index in [-0.39, 0.29) is 6.61 Å². The van der Waals surface area contributed by atoms with Crippen LogP contribution >= 0.6 is 0 Å². The quantitative estimate of drug-likeness (QED) is 0.479. The number of aromatic nitrogens is 1. The van der Waals surface area contributed by atoms with Gasteiger partial charge in [-0.3, -0.25) is 4.79 Å². The van der Waals surface area contributed by atoms with Crippen molar-refractivity contribution in [3.05, 3.63) is 30.0 Å². The van der Waals surface area contributed by atoms with Crippen LogP contribution in [0.1, 0.15) is 17.3 Å². The summed E-state index contributed by atoms with van der Waals surface area (Å²) in [6.07, 6.45) is 1.81. The highest BCUT2D eigenvalue weighted by atomic mass is 16.5. The number of hydrogen-bond donors (Lipinski definition) is 0. The Morgan fingerprint density at radius 2 is 2.00 bits per heavy atom. The number of ether oxygens (including phenoxy) is 2. The standard InChI is InChI=1S/C14H15NO4/c1-4-19-14(17)13(16)10-5-6-11(18-3)12-9(10)7-8-15(12)2/h5-8H,4H2,1-3H3. The molecule has 1 aromatic heterocycles. The van der Waals surface area contributed by atoms with E-state index in [1.165, 1.54) is 0 Å². The molecule has 0 saturated heterocycles. The van der Waals surface area contributed by atoms with Crippen molar-refractivity contribution in [2.75, 3.05) is 13.7 Å². The van der Waals surface area contributed by atoms with Crippen molar-refractivity contribution < 1.29 is 19.1 Å². The molecule has 0 fully saturated rings. The number of rotatable bonds is 4. The lowest BCUT2D eigenvalue weighted by molar-refractivity contribution is -0.137. The summed E-state index contributed by atoms with van der Waals surface area (Å²) >= 11 is 0. The molecular weight excluding hydrogens is 246 g/mol. The van der Waals surface area contributed by atoms with E-state index in [1.807, 2.05) is 17.8 Å². The highest BCUT2D eigenvalue weighted by Gasteiger charge is 2.22. The maximum atomic E-state index is 12.0. The fraction of sp³-hybridized carbons (Fsp3) is 0.286. The number of Topliss-reactive ketones (excluding diaryl/α,β-unsaturated/α-hetero) is 1. The van der Waals surface area contributed by atoms with E-state index in [0.717, 1.165) is 5.52 Å². The first-order valence-corrected chi connectivity index (χ1v) is 5.93. The number of ketones is 1. The zero-order valence-electron chi connectivity index (χ0n) is 11.1. The number of esters is 1. The summed E-state index contributed by atoms with van der Waals surface area (Å²) in [5.41, 5.74) is 1.10. The third-order valence-electron chi connectivity index (χ3n) is 2.92. The first kappa shape index (κ1) is 13.1. The summed E-state index contributed by atoms with van der Waals surface area (Å²) in [7, 11) is 3.41. The van der Waals surface area contributed by atoms with Crippen LogP contribution in [0, 0.1) is 0 Å². The highest BCUT2D eigenvalue weighted by molar-refractivity contribution is 6.43. The molecule has 0 amide bonds. The van der Waals surface area contributed by atoms with Crippen molar-refractivity contribution in [3.8, 4) is 5.75 Å². The first-order valence-electron chi connectivity index (χ1n) is 5.93. The summed E-state index contributed by atoms with van der Waals surface area (Å²) in [6.45, 7) is 1.84. The van der Waals surface area contributed by atoms with Gasteiger partial charge in [0.05, 0.1) is 19.2 Å². The second-order valence-electron chi connectivity index (χ2n) is 4.05. The van der Waals surface area contributed by atoms with E-state index in [2.05, 4.69) is 0 Å². The Bertz CT molecular complexity index is 642. The average molecular weight is 261 g/mol. The molecule has 2 aromatic rings. The van der Waals surface area contributed by atoms with Crippen LogP contribution < -0.4 is 4.74 Å². The average Bonchev–Trinajstić information content (AvgIpc) is 2.80. The van der Waals surface area contributed by atoms with Gasteiger partial charge < -0.3 is 14.0 Å². The van der Waals surface area contributed by atoms with E-state index >= 15 is 0 Å². The number of nitrogens with zero attached hydrogens (tertiary/aromatic N) is 1. The Morgan fingerprint density at radius 3 is 2.63 bits per heavy atom. The van der Waals surface area contributed by atoms with E-state index in [4.69, 9.17) is 9.47 Å². The van der Waals surface area contributed by atoms with Crippen LogP contribution in [-0.2, 0) is 16.6 Å². The molecule has 100 valence electrons. The van der Waals surface area contributed by atoms with Gasteiger partial charge in [-0.2, -0.15) is 0 Å². The minimum atomic E-state index is -0.835. The van der Waals surface area contributed by atoms with Gasteiger partial charge in [-0.1, -0.05) is 0 Å². The second kappa shape index (κ2) is 5.14. The van der Waals surface area contributed by atoms with Crippen LogP contribution in [0.4, 0.5) is 0 Å². The van der Waals surface area contributed by atoms with E-state index < -0.39 is 11.8 Å². The first-order chi connectivity index (χ1) is 9.10. The van der Waals surface area contributed by atoms with Crippen molar-refractivity contribution in [3.63, 3.8) is 0 Å². The van der Waals surface area contributed by atoms with Crippen LogP contribution in [0.5, 0.6) is 5.75 Å². The Labute approximate surface area is 110 Å². The van der Waals surface area contributed by atoms with Crippen LogP contribution in [0.15, 0.2) is 24.4 Å². The van der Waals surface area contributed by atoms with Gasteiger partial charge in [-0.25, -0.2) is 4.79 Å². The number of carbonyl (C=O) groups excluding carboxylic acids is 2. The molecule has 2 rings (SSSR count). The fourth-order valence-corrected chi connectivity index (χ4v) is 2.05. The smallest absolute Gasteiger partial charge is 0.379 e. The molecule has 0 spiro atoms. The minimum Gasteiger partial charge on any atom is -0.495 e. The number of hydrogen-bond acceptors (Lipinski definition) is 4. The maximum absolute atomic E-state index is 12.0. The molecule has 0 aliphatic heterocycles. The van der Waals surface area contributed by atoms with Crippen molar-refractivity contribution in [1.82, 2.24) is 4.57 Å². The summed E-state index contributed by atoms with van der Waals surface area (Å²) < 4.78 is 11.8. The number of methoxy groups -OCH3 is 1. The van der Waals surface area contributed by atoms with Gasteiger partial charge >= 0.3 is 5.97 Å². The van der Waals surface area contributed by atoms with Crippen molar-refractivity contribution >= 4 is 22.7 Å².